The standard InChI is InChI=1S/C22H36/c1-14(2)20-9-10-21-19-8-6-16-13-15(3)5-7-17(16)18(19)11-12-22(20,21)4/h15-21H,1,5-13H2,2-4H3. The average Bonchev–Trinajstić information content (AvgIpc) is 2.84. The van der Waals surface area contributed by atoms with Crippen molar-refractivity contribution in [3.63, 3.8) is 0 Å². The van der Waals surface area contributed by atoms with Gasteiger partial charge in [-0.25, -0.2) is 0 Å². The van der Waals surface area contributed by atoms with E-state index in [1.165, 1.54) is 37.7 Å². The minimum Gasteiger partial charge on any atom is -0.0998 e. The van der Waals surface area contributed by atoms with Gasteiger partial charge in [0.2, 0.25) is 0 Å². The quantitative estimate of drug-likeness (QED) is 0.487. The highest BCUT2D eigenvalue weighted by Crippen LogP contribution is 2.65. The molecule has 0 saturated heterocycles. The summed E-state index contributed by atoms with van der Waals surface area (Å²) < 4.78 is 0. The molecular formula is C22H36. The van der Waals surface area contributed by atoms with E-state index < -0.39 is 0 Å². The summed E-state index contributed by atoms with van der Waals surface area (Å²) in [5.41, 5.74) is 2.07. The summed E-state index contributed by atoms with van der Waals surface area (Å²) in [6.45, 7) is 11.8. The summed E-state index contributed by atoms with van der Waals surface area (Å²) in [5, 5.41) is 0. The number of allylic oxidation sites excluding steroid dienone is 1. The molecule has 8 unspecified atom stereocenters. The minimum absolute atomic E-state index is 0.599. The van der Waals surface area contributed by atoms with E-state index in [0.29, 0.717) is 5.41 Å². The van der Waals surface area contributed by atoms with Gasteiger partial charge in [-0.15, -0.1) is 0 Å². The third kappa shape index (κ3) is 2.15. The Morgan fingerprint density at radius 3 is 2.45 bits per heavy atom. The first kappa shape index (κ1) is 15.3. The van der Waals surface area contributed by atoms with Crippen molar-refractivity contribution in [1.29, 1.82) is 0 Å². The molecule has 0 bridgehead atoms. The van der Waals surface area contributed by atoms with Crippen LogP contribution in [0.1, 0.15) is 78.6 Å². The lowest BCUT2D eigenvalue weighted by atomic mass is 9.49. The second kappa shape index (κ2) is 5.38. The van der Waals surface area contributed by atoms with Crippen molar-refractivity contribution in [2.45, 2.75) is 78.6 Å². The van der Waals surface area contributed by atoms with Crippen LogP contribution >= 0.6 is 0 Å². The van der Waals surface area contributed by atoms with Gasteiger partial charge in [-0.2, -0.15) is 0 Å². The van der Waals surface area contributed by atoms with Gasteiger partial charge in [0, 0.05) is 0 Å². The van der Waals surface area contributed by atoms with E-state index in [2.05, 4.69) is 27.4 Å². The minimum atomic E-state index is 0.599. The Balaban J connectivity index is 1.56. The number of hydrogen-bond acceptors (Lipinski definition) is 0. The van der Waals surface area contributed by atoms with Gasteiger partial charge in [0.15, 0.2) is 0 Å². The molecule has 0 N–H and O–H groups in total. The summed E-state index contributed by atoms with van der Waals surface area (Å²) in [6, 6.07) is 0. The molecule has 4 fully saturated rings. The average molecular weight is 301 g/mol. The van der Waals surface area contributed by atoms with Gasteiger partial charge in [-0.1, -0.05) is 32.4 Å². The van der Waals surface area contributed by atoms with Crippen LogP contribution in [0.2, 0.25) is 0 Å². The molecule has 4 saturated carbocycles. The molecule has 0 nitrogen and oxygen atoms in total. The summed E-state index contributed by atoms with van der Waals surface area (Å²) in [4.78, 5) is 0. The Morgan fingerprint density at radius 2 is 1.68 bits per heavy atom. The lowest BCUT2D eigenvalue weighted by molar-refractivity contribution is -0.0633. The van der Waals surface area contributed by atoms with Gasteiger partial charge in [0.05, 0.1) is 0 Å². The lowest BCUT2D eigenvalue weighted by Crippen LogP contribution is -2.48. The molecule has 22 heavy (non-hydrogen) atoms. The van der Waals surface area contributed by atoms with Gasteiger partial charge in [0.25, 0.3) is 0 Å². The molecule has 0 heterocycles. The molecule has 8 atom stereocenters. The van der Waals surface area contributed by atoms with Crippen LogP contribution in [0.5, 0.6) is 0 Å². The molecular weight excluding hydrogens is 264 g/mol. The van der Waals surface area contributed by atoms with Crippen LogP contribution in [0.15, 0.2) is 12.2 Å². The number of rotatable bonds is 1. The third-order valence-electron chi connectivity index (χ3n) is 8.81. The van der Waals surface area contributed by atoms with Gasteiger partial charge < -0.3 is 0 Å². The van der Waals surface area contributed by atoms with Crippen molar-refractivity contribution in [3.05, 3.63) is 12.2 Å². The Labute approximate surface area is 138 Å². The van der Waals surface area contributed by atoms with E-state index >= 15 is 0 Å². The zero-order chi connectivity index (χ0) is 15.5. The second-order valence-corrected chi connectivity index (χ2v) is 9.87. The summed E-state index contributed by atoms with van der Waals surface area (Å²) >= 11 is 0. The first-order valence-corrected chi connectivity index (χ1v) is 10.2. The highest BCUT2D eigenvalue weighted by Gasteiger charge is 2.56. The van der Waals surface area contributed by atoms with Crippen LogP contribution in [-0.4, -0.2) is 0 Å². The fraction of sp³-hybridized carbons (Fsp3) is 0.909. The molecule has 0 aromatic heterocycles. The van der Waals surface area contributed by atoms with Crippen molar-refractivity contribution in [2.24, 2.45) is 46.8 Å². The van der Waals surface area contributed by atoms with Crippen LogP contribution in [-0.2, 0) is 0 Å². The molecule has 0 aromatic carbocycles. The molecule has 4 aliphatic rings. The summed E-state index contributed by atoms with van der Waals surface area (Å²) in [5.74, 6) is 7.20. The van der Waals surface area contributed by atoms with E-state index in [1.807, 2.05) is 0 Å². The van der Waals surface area contributed by atoms with Crippen LogP contribution in [0.25, 0.3) is 0 Å². The monoisotopic (exact) mass is 300 g/mol. The predicted octanol–water partition coefficient (Wildman–Crippen LogP) is 6.47. The fourth-order valence-corrected chi connectivity index (χ4v) is 7.90. The SMILES string of the molecule is C=C(C)C1CCC2C3CCC4CC(C)CCC4C3CCC12C. The van der Waals surface area contributed by atoms with Gasteiger partial charge in [-0.3, -0.25) is 0 Å². The Bertz CT molecular complexity index is 449. The number of fused-ring (bicyclic) bond motifs is 5. The zero-order valence-electron chi connectivity index (χ0n) is 15.1. The number of hydrogen-bond donors (Lipinski definition) is 0. The van der Waals surface area contributed by atoms with E-state index in [-0.39, 0.29) is 0 Å². The van der Waals surface area contributed by atoms with Gasteiger partial charge >= 0.3 is 0 Å². The van der Waals surface area contributed by atoms with Crippen molar-refractivity contribution >= 4 is 0 Å². The molecule has 0 aliphatic heterocycles. The summed E-state index contributed by atoms with van der Waals surface area (Å²) in [7, 11) is 0. The van der Waals surface area contributed by atoms with E-state index in [1.54, 1.807) is 25.7 Å². The molecule has 0 radical (unpaired) electrons. The zero-order valence-corrected chi connectivity index (χ0v) is 15.1. The maximum absolute atomic E-state index is 4.35. The van der Waals surface area contributed by atoms with E-state index in [9.17, 15) is 0 Å². The Hall–Kier alpha value is -0.260. The van der Waals surface area contributed by atoms with Crippen LogP contribution in [0.4, 0.5) is 0 Å². The van der Waals surface area contributed by atoms with Crippen LogP contribution in [0, 0.1) is 46.8 Å². The van der Waals surface area contributed by atoms with Gasteiger partial charge in [-0.05, 0) is 105 Å². The maximum Gasteiger partial charge on any atom is -0.0152 e. The maximum atomic E-state index is 4.35. The Morgan fingerprint density at radius 1 is 0.909 bits per heavy atom. The molecule has 4 rings (SSSR count). The first-order chi connectivity index (χ1) is 10.5. The topological polar surface area (TPSA) is 0 Å². The molecule has 0 amide bonds. The third-order valence-corrected chi connectivity index (χ3v) is 8.81. The highest BCUT2D eigenvalue weighted by molar-refractivity contribution is 5.13. The Kier molecular flexibility index (Phi) is 3.74. The summed E-state index contributed by atoms with van der Waals surface area (Å²) in [6.07, 6.45) is 13.7. The molecule has 4 aliphatic carbocycles. The molecule has 0 spiro atoms. The molecule has 124 valence electrons. The van der Waals surface area contributed by atoms with Crippen LogP contribution < -0.4 is 0 Å². The fourth-order valence-electron chi connectivity index (χ4n) is 7.90. The highest BCUT2D eigenvalue weighted by atomic mass is 14.6. The van der Waals surface area contributed by atoms with Gasteiger partial charge in [0.1, 0.15) is 0 Å². The van der Waals surface area contributed by atoms with E-state index in [0.717, 1.165) is 41.4 Å². The normalized spacial score (nSPS) is 54.2. The van der Waals surface area contributed by atoms with Crippen LogP contribution in [0.3, 0.4) is 0 Å². The van der Waals surface area contributed by atoms with Crippen molar-refractivity contribution in [1.82, 2.24) is 0 Å². The predicted molar refractivity (Wildman–Crippen MR) is 94.6 cm³/mol. The first-order valence-electron chi connectivity index (χ1n) is 10.2. The van der Waals surface area contributed by atoms with Crippen molar-refractivity contribution < 1.29 is 0 Å². The van der Waals surface area contributed by atoms with Crippen molar-refractivity contribution in [3.8, 4) is 0 Å². The smallest absolute Gasteiger partial charge is 0.0152 e. The largest absolute Gasteiger partial charge is 0.0998 e. The lowest BCUT2D eigenvalue weighted by Gasteiger charge is -2.56. The molecule has 0 aromatic rings. The second-order valence-electron chi connectivity index (χ2n) is 9.87. The van der Waals surface area contributed by atoms with Crippen molar-refractivity contribution in [2.75, 3.05) is 0 Å². The van der Waals surface area contributed by atoms with E-state index in [4.69, 9.17) is 0 Å². The molecule has 0 heteroatoms.